The summed E-state index contributed by atoms with van der Waals surface area (Å²) in [5, 5.41) is 2.92. The average molecular weight is 446 g/mol. The molecule has 2 aromatic carbocycles. The van der Waals surface area contributed by atoms with Crippen LogP contribution in [0.4, 0.5) is 0 Å². The fourth-order valence-electron chi connectivity index (χ4n) is 3.10. The molecule has 0 spiro atoms. The van der Waals surface area contributed by atoms with Crippen LogP contribution in [0.25, 0.3) is 0 Å². The van der Waals surface area contributed by atoms with Crippen molar-refractivity contribution in [3.63, 3.8) is 0 Å². The van der Waals surface area contributed by atoms with Crippen molar-refractivity contribution >= 4 is 21.8 Å². The molecule has 1 atom stereocenters. The number of hydrogen-bond acceptors (Lipinski definition) is 4. The summed E-state index contributed by atoms with van der Waals surface area (Å²) in [6, 6.07) is 17.5. The number of nitrogens with one attached hydrogen (secondary N) is 1. The summed E-state index contributed by atoms with van der Waals surface area (Å²) in [6.45, 7) is 2.37. The van der Waals surface area contributed by atoms with E-state index in [4.69, 9.17) is 0 Å². The number of rotatable bonds is 11. The van der Waals surface area contributed by atoms with Gasteiger partial charge in [0.05, 0.1) is 12.8 Å². The number of carbonyl (C=O) groups is 2. The van der Waals surface area contributed by atoms with Crippen LogP contribution in [0.3, 0.4) is 0 Å². The van der Waals surface area contributed by atoms with Gasteiger partial charge in [0.25, 0.3) is 0 Å². The topological polar surface area (TPSA) is 86.8 Å². The number of nitrogens with zero attached hydrogens (tertiary/aromatic N) is 2. The Hall–Kier alpha value is -2.71. The van der Waals surface area contributed by atoms with Crippen LogP contribution in [0.5, 0.6) is 0 Å². The summed E-state index contributed by atoms with van der Waals surface area (Å²) in [5.41, 5.74) is 1.52. The molecule has 0 heterocycles. The highest BCUT2D eigenvalue weighted by atomic mass is 32.2. The summed E-state index contributed by atoms with van der Waals surface area (Å²) in [7, 11) is -2.19. The maximum absolute atomic E-state index is 13.3. The third kappa shape index (κ3) is 7.48. The fraction of sp³-hybridized carbons (Fsp3) is 0.391. The minimum Gasteiger partial charge on any atom is -0.354 e. The molecule has 0 aliphatic heterocycles. The Morgan fingerprint density at radius 3 is 2.13 bits per heavy atom. The maximum atomic E-state index is 13.3. The van der Waals surface area contributed by atoms with Crippen molar-refractivity contribution in [2.45, 2.75) is 32.4 Å². The SMILES string of the molecule is CCCCNC(=O)[C@@H](c1ccccc1)N(Cc1ccccc1)C(=O)CN(C)S(C)(=O)=O. The second-order valence-electron chi connectivity index (χ2n) is 7.48. The van der Waals surface area contributed by atoms with Crippen molar-refractivity contribution in [1.29, 1.82) is 0 Å². The summed E-state index contributed by atoms with van der Waals surface area (Å²) >= 11 is 0. The van der Waals surface area contributed by atoms with E-state index in [0.29, 0.717) is 12.1 Å². The Balaban J connectivity index is 2.43. The molecule has 31 heavy (non-hydrogen) atoms. The first-order valence-electron chi connectivity index (χ1n) is 10.3. The summed E-state index contributed by atoms with van der Waals surface area (Å²) in [5.74, 6) is -0.734. The van der Waals surface area contributed by atoms with Crippen molar-refractivity contribution in [2.75, 3.05) is 26.4 Å². The monoisotopic (exact) mass is 445 g/mol. The lowest BCUT2D eigenvalue weighted by Gasteiger charge is -2.32. The van der Waals surface area contributed by atoms with Crippen LogP contribution < -0.4 is 5.32 Å². The smallest absolute Gasteiger partial charge is 0.247 e. The lowest BCUT2D eigenvalue weighted by atomic mass is 10.0. The molecular formula is C23H31N3O4S. The summed E-state index contributed by atoms with van der Waals surface area (Å²) in [6.07, 6.45) is 2.81. The van der Waals surface area contributed by atoms with Crippen LogP contribution in [0, 0.1) is 0 Å². The van der Waals surface area contributed by atoms with E-state index >= 15 is 0 Å². The van der Waals surface area contributed by atoms with Crippen molar-refractivity contribution in [1.82, 2.24) is 14.5 Å². The lowest BCUT2D eigenvalue weighted by Crippen LogP contribution is -2.47. The van der Waals surface area contributed by atoms with Gasteiger partial charge >= 0.3 is 0 Å². The third-order valence-corrected chi connectivity index (χ3v) is 6.21. The van der Waals surface area contributed by atoms with Gasteiger partial charge in [0.15, 0.2) is 0 Å². The highest BCUT2D eigenvalue weighted by molar-refractivity contribution is 7.88. The standard InChI is InChI=1S/C23H31N3O4S/c1-4-5-16-24-23(28)22(20-14-10-7-11-15-20)26(17-19-12-8-6-9-13-19)21(27)18-25(2)31(3,29)30/h6-15,22H,4-5,16-18H2,1-3H3,(H,24,28)/t22-/m1/s1. The van der Waals surface area contributed by atoms with Gasteiger partial charge < -0.3 is 10.2 Å². The highest BCUT2D eigenvalue weighted by Gasteiger charge is 2.32. The van der Waals surface area contributed by atoms with Crippen LogP contribution in [0.2, 0.25) is 0 Å². The Morgan fingerprint density at radius 1 is 1.00 bits per heavy atom. The number of unbranched alkanes of at least 4 members (excludes halogenated alkanes) is 1. The molecule has 0 saturated heterocycles. The van der Waals surface area contributed by atoms with E-state index in [1.807, 2.05) is 55.5 Å². The molecule has 1 N–H and O–H groups in total. The van der Waals surface area contributed by atoms with E-state index in [1.165, 1.54) is 11.9 Å². The molecule has 0 unspecified atom stereocenters. The lowest BCUT2D eigenvalue weighted by molar-refractivity contribution is -0.141. The van der Waals surface area contributed by atoms with Gasteiger partial charge in [-0.1, -0.05) is 74.0 Å². The molecule has 2 rings (SSSR count). The highest BCUT2D eigenvalue weighted by Crippen LogP contribution is 2.24. The fourth-order valence-corrected chi connectivity index (χ4v) is 3.44. The zero-order valence-electron chi connectivity index (χ0n) is 18.3. The van der Waals surface area contributed by atoms with Gasteiger partial charge in [-0.3, -0.25) is 9.59 Å². The van der Waals surface area contributed by atoms with Gasteiger partial charge in [0, 0.05) is 20.1 Å². The Morgan fingerprint density at radius 2 is 1.58 bits per heavy atom. The molecule has 0 saturated carbocycles. The minimum absolute atomic E-state index is 0.179. The molecule has 0 radical (unpaired) electrons. The predicted molar refractivity (Wildman–Crippen MR) is 122 cm³/mol. The number of likely N-dealkylation sites (N-methyl/N-ethyl adjacent to an activating group) is 1. The second-order valence-corrected chi connectivity index (χ2v) is 9.57. The number of sulfonamides is 1. The minimum atomic E-state index is -3.55. The average Bonchev–Trinajstić information content (AvgIpc) is 2.74. The van der Waals surface area contributed by atoms with Gasteiger partial charge in [-0.15, -0.1) is 0 Å². The zero-order chi connectivity index (χ0) is 22.9. The molecule has 0 aliphatic rings. The van der Waals surface area contributed by atoms with Crippen LogP contribution in [-0.4, -0.2) is 55.8 Å². The number of carbonyl (C=O) groups excluding carboxylic acids is 2. The van der Waals surface area contributed by atoms with E-state index in [1.54, 1.807) is 12.1 Å². The first-order valence-corrected chi connectivity index (χ1v) is 12.2. The molecule has 0 fully saturated rings. The number of amides is 2. The van der Waals surface area contributed by atoms with Crippen molar-refractivity contribution < 1.29 is 18.0 Å². The Labute approximate surface area is 185 Å². The van der Waals surface area contributed by atoms with Crippen molar-refractivity contribution in [2.24, 2.45) is 0 Å². The quantitative estimate of drug-likeness (QED) is 0.539. The van der Waals surface area contributed by atoms with Crippen molar-refractivity contribution in [3.05, 3.63) is 71.8 Å². The van der Waals surface area contributed by atoms with E-state index in [0.717, 1.165) is 29.0 Å². The number of hydrogen-bond donors (Lipinski definition) is 1. The van der Waals surface area contributed by atoms with Crippen LogP contribution >= 0.6 is 0 Å². The van der Waals surface area contributed by atoms with Crippen molar-refractivity contribution in [3.8, 4) is 0 Å². The van der Waals surface area contributed by atoms with E-state index in [2.05, 4.69) is 5.32 Å². The molecule has 168 valence electrons. The molecule has 0 aliphatic carbocycles. The molecule has 7 nitrogen and oxygen atoms in total. The van der Waals surface area contributed by atoms with E-state index in [9.17, 15) is 18.0 Å². The normalized spacial score (nSPS) is 12.4. The van der Waals surface area contributed by atoms with Gasteiger partial charge in [-0.05, 0) is 17.5 Å². The largest absolute Gasteiger partial charge is 0.354 e. The van der Waals surface area contributed by atoms with Gasteiger partial charge in [-0.25, -0.2) is 8.42 Å². The molecule has 0 bridgehead atoms. The molecule has 8 heteroatoms. The molecule has 2 amide bonds. The zero-order valence-corrected chi connectivity index (χ0v) is 19.1. The number of benzene rings is 2. The second kappa shape index (κ2) is 11.6. The third-order valence-electron chi connectivity index (χ3n) is 4.95. The van der Waals surface area contributed by atoms with Crippen LogP contribution in [0.1, 0.15) is 36.9 Å². The summed E-state index contributed by atoms with van der Waals surface area (Å²) < 4.78 is 24.7. The Kier molecular flexibility index (Phi) is 9.21. The Bertz CT molecular complexity index is 949. The first-order chi connectivity index (χ1) is 14.7. The maximum Gasteiger partial charge on any atom is 0.247 e. The van der Waals surface area contributed by atoms with Gasteiger partial charge in [-0.2, -0.15) is 4.31 Å². The summed E-state index contributed by atoms with van der Waals surface area (Å²) in [4.78, 5) is 27.9. The van der Waals surface area contributed by atoms with Gasteiger partial charge in [0.2, 0.25) is 21.8 Å². The van der Waals surface area contributed by atoms with E-state index in [-0.39, 0.29) is 19.0 Å². The first kappa shape index (κ1) is 24.6. The van der Waals surface area contributed by atoms with E-state index < -0.39 is 22.0 Å². The molecule has 2 aromatic rings. The van der Waals surface area contributed by atoms with Crippen LogP contribution in [-0.2, 0) is 26.2 Å². The molecular weight excluding hydrogens is 414 g/mol. The predicted octanol–water partition coefficient (Wildman–Crippen LogP) is 2.56. The molecule has 0 aromatic heterocycles. The van der Waals surface area contributed by atoms with Gasteiger partial charge in [0.1, 0.15) is 6.04 Å². The van der Waals surface area contributed by atoms with Crippen LogP contribution in [0.15, 0.2) is 60.7 Å².